The lowest BCUT2D eigenvalue weighted by atomic mass is 10.1. The van der Waals surface area contributed by atoms with E-state index in [0.29, 0.717) is 13.0 Å². The highest BCUT2D eigenvalue weighted by Gasteiger charge is 2.40. The highest BCUT2D eigenvalue weighted by Crippen LogP contribution is 2.38. The van der Waals surface area contributed by atoms with Gasteiger partial charge in [0.25, 0.3) is 0 Å². The minimum Gasteiger partial charge on any atom is -0.444 e. The Morgan fingerprint density at radius 3 is 2.22 bits per heavy atom. The van der Waals surface area contributed by atoms with E-state index in [0.717, 1.165) is 6.42 Å². The molecule has 0 aliphatic heterocycles. The van der Waals surface area contributed by atoms with Crippen LogP contribution in [0.25, 0.3) is 0 Å². The standard InChI is InChI=1S/C17H35NO4Si/c1-16(2,3)22-15(20)18-13-9-12(14(19)10-13)11-21-23(7,8)17(4,5)6/h12-14,19H,9-11H2,1-8H3,(H,18,20)/t12-,13-,14+/m1/s1. The third-order valence-electron chi connectivity index (χ3n) is 4.84. The highest BCUT2D eigenvalue weighted by molar-refractivity contribution is 6.74. The Kier molecular flexibility index (Phi) is 6.32. The van der Waals surface area contributed by atoms with Gasteiger partial charge in [0.05, 0.1) is 6.10 Å². The molecule has 1 rings (SSSR count). The third kappa shape index (κ3) is 6.43. The number of rotatable bonds is 4. The average Bonchev–Trinajstić information content (AvgIpc) is 2.62. The Hall–Kier alpha value is -0.593. The first-order chi connectivity index (χ1) is 10.2. The molecule has 0 radical (unpaired) electrons. The highest BCUT2D eigenvalue weighted by atomic mass is 28.4. The zero-order chi connectivity index (χ0) is 18.1. The van der Waals surface area contributed by atoms with Crippen molar-refractivity contribution in [3.05, 3.63) is 0 Å². The zero-order valence-electron chi connectivity index (χ0n) is 16.0. The molecule has 3 atom stereocenters. The minimum atomic E-state index is -1.81. The van der Waals surface area contributed by atoms with Crippen LogP contribution in [-0.4, -0.2) is 43.9 Å². The molecule has 1 saturated carbocycles. The van der Waals surface area contributed by atoms with Gasteiger partial charge in [-0.1, -0.05) is 20.8 Å². The monoisotopic (exact) mass is 345 g/mol. The lowest BCUT2D eigenvalue weighted by molar-refractivity contribution is 0.0502. The topological polar surface area (TPSA) is 67.8 Å². The number of aliphatic hydroxyl groups is 1. The van der Waals surface area contributed by atoms with E-state index in [1.165, 1.54) is 0 Å². The maximum Gasteiger partial charge on any atom is 0.407 e. The summed E-state index contributed by atoms with van der Waals surface area (Å²) in [6.45, 7) is 17.1. The maximum absolute atomic E-state index is 11.8. The molecule has 1 fully saturated rings. The van der Waals surface area contributed by atoms with Gasteiger partial charge in [-0.25, -0.2) is 4.79 Å². The van der Waals surface area contributed by atoms with E-state index < -0.39 is 26.1 Å². The molecular formula is C17H35NO4Si. The normalized spacial score (nSPS) is 26.2. The molecule has 1 aliphatic rings. The molecule has 2 N–H and O–H groups in total. The van der Waals surface area contributed by atoms with Crippen LogP contribution in [0.2, 0.25) is 18.1 Å². The van der Waals surface area contributed by atoms with E-state index in [1.54, 1.807) is 0 Å². The molecule has 0 aromatic carbocycles. The van der Waals surface area contributed by atoms with Gasteiger partial charge in [-0.2, -0.15) is 0 Å². The molecular weight excluding hydrogens is 310 g/mol. The van der Waals surface area contributed by atoms with Gasteiger partial charge in [-0.15, -0.1) is 0 Å². The van der Waals surface area contributed by atoms with Crippen molar-refractivity contribution in [1.82, 2.24) is 5.32 Å². The second-order valence-corrected chi connectivity index (χ2v) is 14.0. The summed E-state index contributed by atoms with van der Waals surface area (Å²) in [5.41, 5.74) is -0.508. The SMILES string of the molecule is CC(C)(C)OC(=O)N[C@@H]1C[C@H](CO[Si](C)(C)C(C)(C)C)[C@@H](O)C1. The van der Waals surface area contributed by atoms with Gasteiger partial charge in [0.1, 0.15) is 5.60 Å². The predicted molar refractivity (Wildman–Crippen MR) is 95.0 cm³/mol. The number of ether oxygens (including phenoxy) is 1. The number of hydrogen-bond donors (Lipinski definition) is 2. The van der Waals surface area contributed by atoms with Crippen molar-refractivity contribution in [3.63, 3.8) is 0 Å². The van der Waals surface area contributed by atoms with Crippen molar-refractivity contribution in [3.8, 4) is 0 Å². The van der Waals surface area contributed by atoms with Crippen molar-refractivity contribution in [2.45, 2.75) is 90.3 Å². The van der Waals surface area contributed by atoms with Gasteiger partial charge in [-0.05, 0) is 51.7 Å². The lowest BCUT2D eigenvalue weighted by Gasteiger charge is -2.37. The van der Waals surface area contributed by atoms with Crippen LogP contribution in [0, 0.1) is 5.92 Å². The fourth-order valence-electron chi connectivity index (χ4n) is 2.41. The van der Waals surface area contributed by atoms with Gasteiger partial charge in [-0.3, -0.25) is 0 Å². The average molecular weight is 346 g/mol. The molecule has 0 saturated heterocycles. The van der Waals surface area contributed by atoms with Crippen LogP contribution in [0.4, 0.5) is 4.79 Å². The molecule has 6 heteroatoms. The molecule has 136 valence electrons. The first kappa shape index (κ1) is 20.5. The number of hydrogen-bond acceptors (Lipinski definition) is 4. The predicted octanol–water partition coefficient (Wildman–Crippen LogP) is 3.67. The second-order valence-electron chi connectivity index (χ2n) is 9.21. The second kappa shape index (κ2) is 7.11. The van der Waals surface area contributed by atoms with Gasteiger partial charge in [0.15, 0.2) is 8.32 Å². The number of carbonyl (C=O) groups excluding carboxylic acids is 1. The Balaban J connectivity index is 2.48. The van der Waals surface area contributed by atoms with Gasteiger partial charge >= 0.3 is 6.09 Å². The summed E-state index contributed by atoms with van der Waals surface area (Å²) in [7, 11) is -1.81. The lowest BCUT2D eigenvalue weighted by Crippen LogP contribution is -2.42. The van der Waals surface area contributed by atoms with Crippen LogP contribution in [-0.2, 0) is 9.16 Å². The first-order valence-electron chi connectivity index (χ1n) is 8.53. The van der Waals surface area contributed by atoms with Crippen LogP contribution in [0.1, 0.15) is 54.4 Å². The Morgan fingerprint density at radius 1 is 1.17 bits per heavy atom. The summed E-state index contributed by atoms with van der Waals surface area (Å²) in [6.07, 6.45) is 0.445. The summed E-state index contributed by atoms with van der Waals surface area (Å²) in [6, 6.07) is -0.0483. The number of carbonyl (C=O) groups is 1. The largest absolute Gasteiger partial charge is 0.444 e. The number of alkyl carbamates (subject to hydrolysis) is 1. The summed E-state index contributed by atoms with van der Waals surface area (Å²) in [4.78, 5) is 11.8. The first-order valence-corrected chi connectivity index (χ1v) is 11.4. The van der Waals surface area contributed by atoms with Crippen LogP contribution in [0.3, 0.4) is 0 Å². The smallest absolute Gasteiger partial charge is 0.407 e. The molecule has 0 aromatic heterocycles. The molecule has 1 aliphatic carbocycles. The van der Waals surface area contributed by atoms with Gasteiger partial charge in [0, 0.05) is 18.6 Å². The molecule has 0 spiro atoms. The number of aliphatic hydroxyl groups excluding tert-OH is 1. The van der Waals surface area contributed by atoms with Crippen molar-refractivity contribution < 1.29 is 19.1 Å². The fraction of sp³-hybridized carbons (Fsp3) is 0.941. The number of amides is 1. The van der Waals surface area contributed by atoms with E-state index in [4.69, 9.17) is 9.16 Å². The molecule has 0 heterocycles. The van der Waals surface area contributed by atoms with Crippen LogP contribution < -0.4 is 5.32 Å². The maximum atomic E-state index is 11.8. The molecule has 0 unspecified atom stereocenters. The zero-order valence-corrected chi connectivity index (χ0v) is 17.0. The Labute approximate surface area is 142 Å². The summed E-state index contributed by atoms with van der Waals surface area (Å²) in [5.74, 6) is 0.0732. The molecule has 23 heavy (non-hydrogen) atoms. The summed E-state index contributed by atoms with van der Waals surface area (Å²) < 4.78 is 11.5. The van der Waals surface area contributed by atoms with E-state index in [1.807, 2.05) is 20.8 Å². The Bertz CT molecular complexity index is 412. The van der Waals surface area contributed by atoms with Gasteiger partial charge in [0.2, 0.25) is 0 Å². The van der Waals surface area contributed by atoms with Crippen molar-refractivity contribution in [2.75, 3.05) is 6.61 Å². The molecule has 5 nitrogen and oxygen atoms in total. The Morgan fingerprint density at radius 2 is 1.74 bits per heavy atom. The van der Waals surface area contributed by atoms with Gasteiger partial charge < -0.3 is 19.6 Å². The van der Waals surface area contributed by atoms with E-state index in [9.17, 15) is 9.90 Å². The van der Waals surface area contributed by atoms with Crippen LogP contribution in [0.15, 0.2) is 0 Å². The quantitative estimate of drug-likeness (QED) is 0.763. The fourth-order valence-corrected chi connectivity index (χ4v) is 3.47. The van der Waals surface area contributed by atoms with E-state index in [2.05, 4.69) is 39.2 Å². The summed E-state index contributed by atoms with van der Waals surface area (Å²) in [5, 5.41) is 13.3. The van der Waals surface area contributed by atoms with Crippen molar-refractivity contribution >= 4 is 14.4 Å². The van der Waals surface area contributed by atoms with Crippen LogP contribution in [0.5, 0.6) is 0 Å². The third-order valence-corrected chi connectivity index (χ3v) is 9.34. The minimum absolute atomic E-state index is 0.0483. The van der Waals surface area contributed by atoms with Crippen molar-refractivity contribution in [1.29, 1.82) is 0 Å². The van der Waals surface area contributed by atoms with E-state index in [-0.39, 0.29) is 17.0 Å². The number of nitrogens with one attached hydrogen (secondary N) is 1. The molecule has 0 aromatic rings. The van der Waals surface area contributed by atoms with Crippen molar-refractivity contribution in [2.24, 2.45) is 5.92 Å². The summed E-state index contributed by atoms with van der Waals surface area (Å²) >= 11 is 0. The molecule has 0 bridgehead atoms. The van der Waals surface area contributed by atoms with Crippen LogP contribution >= 0.6 is 0 Å². The molecule has 1 amide bonds. The van der Waals surface area contributed by atoms with E-state index >= 15 is 0 Å².